The average Bonchev–Trinajstić information content (AvgIpc) is 3.05. The Balaban J connectivity index is 1.84. The fourth-order valence-corrected chi connectivity index (χ4v) is 2.59. The maximum absolute atomic E-state index is 12.5. The molecule has 1 atom stereocenters. The number of carboxylic acids is 1. The summed E-state index contributed by atoms with van der Waals surface area (Å²) in [6.07, 6.45) is 1.65. The Hall–Kier alpha value is -2.80. The molecule has 1 amide bonds. The van der Waals surface area contributed by atoms with Gasteiger partial charge in [0.2, 0.25) is 0 Å². The van der Waals surface area contributed by atoms with Crippen LogP contribution in [0.2, 0.25) is 0 Å². The lowest BCUT2D eigenvalue weighted by Crippen LogP contribution is -2.55. The summed E-state index contributed by atoms with van der Waals surface area (Å²) in [5.74, 6) is -1.10. The second kappa shape index (κ2) is 6.37. The van der Waals surface area contributed by atoms with Crippen molar-refractivity contribution in [2.24, 2.45) is 0 Å². The SMILES string of the molecule is Cc1nc(-c2ccccc2)ncc1C(=O)NC1(C(=O)O)CCOC1. The highest BCUT2D eigenvalue weighted by atomic mass is 16.5. The Morgan fingerprint density at radius 3 is 2.62 bits per heavy atom. The maximum atomic E-state index is 12.5. The molecule has 1 aliphatic heterocycles. The van der Waals surface area contributed by atoms with E-state index >= 15 is 0 Å². The van der Waals surface area contributed by atoms with Crippen molar-refractivity contribution < 1.29 is 19.4 Å². The molecule has 2 heterocycles. The largest absolute Gasteiger partial charge is 0.479 e. The minimum absolute atomic E-state index is 0.0456. The number of carboxylic acid groups (broad SMARTS) is 1. The van der Waals surface area contributed by atoms with Crippen LogP contribution in [0.3, 0.4) is 0 Å². The van der Waals surface area contributed by atoms with E-state index in [2.05, 4.69) is 15.3 Å². The molecule has 0 spiro atoms. The molecule has 1 unspecified atom stereocenters. The number of hydrogen-bond acceptors (Lipinski definition) is 5. The molecule has 124 valence electrons. The zero-order chi connectivity index (χ0) is 17.2. The molecule has 1 aromatic heterocycles. The Morgan fingerprint density at radius 2 is 2.04 bits per heavy atom. The van der Waals surface area contributed by atoms with Crippen LogP contribution in [0, 0.1) is 6.92 Å². The minimum Gasteiger partial charge on any atom is -0.479 e. The van der Waals surface area contributed by atoms with E-state index in [0.717, 1.165) is 5.56 Å². The van der Waals surface area contributed by atoms with Crippen molar-refractivity contribution in [2.75, 3.05) is 13.2 Å². The second-order valence-electron chi connectivity index (χ2n) is 5.70. The van der Waals surface area contributed by atoms with Crippen LogP contribution >= 0.6 is 0 Å². The highest BCUT2D eigenvalue weighted by Crippen LogP contribution is 2.21. The predicted octanol–water partition coefficient (Wildman–Crippen LogP) is 1.43. The standard InChI is InChI=1S/C17H17N3O4/c1-11-13(9-18-14(19-11)12-5-3-2-4-6-12)15(21)20-17(16(22)23)7-8-24-10-17/h2-6,9H,7-8,10H2,1H3,(H,20,21)(H,22,23). The number of benzene rings is 1. The van der Waals surface area contributed by atoms with Crippen molar-refractivity contribution in [1.29, 1.82) is 0 Å². The van der Waals surface area contributed by atoms with Crippen LogP contribution < -0.4 is 5.32 Å². The first kappa shape index (κ1) is 16.1. The highest BCUT2D eigenvalue weighted by molar-refractivity contribution is 5.98. The van der Waals surface area contributed by atoms with Gasteiger partial charge in [0.05, 0.1) is 17.9 Å². The van der Waals surface area contributed by atoms with Gasteiger partial charge in [-0.05, 0) is 6.92 Å². The van der Waals surface area contributed by atoms with Crippen LogP contribution in [0.15, 0.2) is 36.5 Å². The fourth-order valence-electron chi connectivity index (χ4n) is 2.59. The smallest absolute Gasteiger partial charge is 0.331 e. The van der Waals surface area contributed by atoms with E-state index in [0.29, 0.717) is 18.1 Å². The molecule has 1 fully saturated rings. The number of rotatable bonds is 4. The van der Waals surface area contributed by atoms with Gasteiger partial charge in [-0.3, -0.25) is 4.79 Å². The lowest BCUT2D eigenvalue weighted by Gasteiger charge is -2.23. The number of nitrogens with one attached hydrogen (secondary N) is 1. The molecule has 1 saturated heterocycles. The zero-order valence-electron chi connectivity index (χ0n) is 13.2. The normalized spacial score (nSPS) is 19.9. The van der Waals surface area contributed by atoms with Crippen molar-refractivity contribution in [1.82, 2.24) is 15.3 Å². The monoisotopic (exact) mass is 327 g/mol. The van der Waals surface area contributed by atoms with Crippen molar-refractivity contribution in [3.63, 3.8) is 0 Å². The van der Waals surface area contributed by atoms with Gasteiger partial charge in [0.25, 0.3) is 5.91 Å². The van der Waals surface area contributed by atoms with Crippen LogP contribution in [0.1, 0.15) is 22.5 Å². The molecule has 7 nitrogen and oxygen atoms in total. The molecular formula is C17H17N3O4. The summed E-state index contributed by atoms with van der Waals surface area (Å²) in [7, 11) is 0. The molecule has 0 saturated carbocycles. The van der Waals surface area contributed by atoms with E-state index < -0.39 is 17.4 Å². The van der Waals surface area contributed by atoms with Gasteiger partial charge in [0.15, 0.2) is 11.4 Å². The van der Waals surface area contributed by atoms with E-state index in [1.165, 1.54) is 6.20 Å². The first-order chi connectivity index (χ1) is 11.5. The van der Waals surface area contributed by atoms with Crippen LogP contribution in [-0.4, -0.2) is 45.7 Å². The number of amides is 1. The van der Waals surface area contributed by atoms with Crippen LogP contribution in [0.5, 0.6) is 0 Å². The van der Waals surface area contributed by atoms with Gasteiger partial charge < -0.3 is 15.2 Å². The molecule has 24 heavy (non-hydrogen) atoms. The quantitative estimate of drug-likeness (QED) is 0.881. The van der Waals surface area contributed by atoms with E-state index in [1.807, 2.05) is 30.3 Å². The molecular weight excluding hydrogens is 310 g/mol. The van der Waals surface area contributed by atoms with Crippen molar-refractivity contribution in [3.05, 3.63) is 47.8 Å². The number of ether oxygens (including phenoxy) is 1. The van der Waals surface area contributed by atoms with Crippen LogP contribution in [0.25, 0.3) is 11.4 Å². The summed E-state index contributed by atoms with van der Waals surface area (Å²) in [6, 6.07) is 9.41. The first-order valence-electron chi connectivity index (χ1n) is 7.54. The second-order valence-corrected chi connectivity index (χ2v) is 5.70. The average molecular weight is 327 g/mol. The summed E-state index contributed by atoms with van der Waals surface area (Å²) in [5, 5.41) is 12.0. The van der Waals surface area contributed by atoms with E-state index in [9.17, 15) is 14.7 Å². The number of aromatic nitrogens is 2. The summed E-state index contributed by atoms with van der Waals surface area (Å²) in [4.78, 5) is 32.5. The summed E-state index contributed by atoms with van der Waals surface area (Å²) in [6.45, 7) is 1.95. The topological polar surface area (TPSA) is 101 Å². The van der Waals surface area contributed by atoms with Gasteiger partial charge >= 0.3 is 5.97 Å². The van der Waals surface area contributed by atoms with Crippen LogP contribution in [-0.2, 0) is 9.53 Å². The molecule has 0 radical (unpaired) electrons. The van der Waals surface area contributed by atoms with E-state index in [1.54, 1.807) is 6.92 Å². The van der Waals surface area contributed by atoms with Gasteiger partial charge in [-0.15, -0.1) is 0 Å². The number of aryl methyl sites for hydroxylation is 1. The van der Waals surface area contributed by atoms with Crippen molar-refractivity contribution >= 4 is 11.9 Å². The molecule has 0 bridgehead atoms. The maximum Gasteiger partial charge on any atom is 0.331 e. The predicted molar refractivity (Wildman–Crippen MR) is 85.5 cm³/mol. The number of carbonyl (C=O) groups excluding carboxylic acids is 1. The van der Waals surface area contributed by atoms with Crippen molar-refractivity contribution in [3.8, 4) is 11.4 Å². The molecule has 0 aliphatic carbocycles. The lowest BCUT2D eigenvalue weighted by molar-refractivity contribution is -0.144. The summed E-state index contributed by atoms with van der Waals surface area (Å²) < 4.78 is 5.14. The molecule has 2 aromatic rings. The number of hydrogen-bond donors (Lipinski definition) is 2. The third kappa shape index (κ3) is 2.98. The Bertz CT molecular complexity index is 771. The summed E-state index contributed by atoms with van der Waals surface area (Å²) in [5.41, 5.74) is 0.198. The van der Waals surface area contributed by atoms with Gasteiger partial charge in [-0.2, -0.15) is 0 Å². The number of carbonyl (C=O) groups is 2. The van der Waals surface area contributed by atoms with Crippen LogP contribution in [0.4, 0.5) is 0 Å². The highest BCUT2D eigenvalue weighted by Gasteiger charge is 2.44. The van der Waals surface area contributed by atoms with Gasteiger partial charge in [0.1, 0.15) is 0 Å². The van der Waals surface area contributed by atoms with Gasteiger partial charge in [0, 0.05) is 24.8 Å². The molecule has 2 N–H and O–H groups in total. The van der Waals surface area contributed by atoms with Crippen molar-refractivity contribution in [2.45, 2.75) is 18.9 Å². The van der Waals surface area contributed by atoms with E-state index in [-0.39, 0.29) is 18.6 Å². The molecule has 7 heteroatoms. The summed E-state index contributed by atoms with van der Waals surface area (Å²) >= 11 is 0. The Labute approximate surface area is 138 Å². The Morgan fingerprint density at radius 1 is 1.29 bits per heavy atom. The van der Waals surface area contributed by atoms with Gasteiger partial charge in [-0.1, -0.05) is 30.3 Å². The van der Waals surface area contributed by atoms with Gasteiger partial charge in [-0.25, -0.2) is 14.8 Å². The fraction of sp³-hybridized carbons (Fsp3) is 0.294. The first-order valence-corrected chi connectivity index (χ1v) is 7.54. The molecule has 3 rings (SSSR count). The zero-order valence-corrected chi connectivity index (χ0v) is 13.2. The number of nitrogens with zero attached hydrogens (tertiary/aromatic N) is 2. The molecule has 1 aromatic carbocycles. The lowest BCUT2D eigenvalue weighted by atomic mass is 9.98. The van der Waals surface area contributed by atoms with E-state index in [4.69, 9.17) is 4.74 Å². The molecule has 1 aliphatic rings. The third-order valence-corrected chi connectivity index (χ3v) is 4.04. The Kier molecular flexibility index (Phi) is 4.26. The minimum atomic E-state index is -1.39. The number of aliphatic carboxylic acids is 1. The third-order valence-electron chi connectivity index (χ3n) is 4.04.